The zero-order chi connectivity index (χ0) is 23.8. The molecule has 32 heavy (non-hydrogen) atoms. The van der Waals surface area contributed by atoms with Crippen LogP contribution in [-0.4, -0.2) is 44.8 Å². The fraction of sp³-hybridized carbons (Fsp3) is 0.182. The fourth-order valence-corrected chi connectivity index (χ4v) is 4.25. The minimum Gasteiger partial charge on any atom is -0.493 e. The van der Waals surface area contributed by atoms with E-state index in [0.717, 1.165) is 21.7 Å². The maximum Gasteiger partial charge on any atom is 0.328 e. The second kappa shape index (κ2) is 11.6. The van der Waals surface area contributed by atoms with Gasteiger partial charge in [-0.2, -0.15) is 0 Å². The summed E-state index contributed by atoms with van der Waals surface area (Å²) in [4.78, 5) is 21.8. The van der Waals surface area contributed by atoms with Crippen molar-refractivity contribution in [1.29, 1.82) is 0 Å². The number of halogens is 2. The van der Waals surface area contributed by atoms with E-state index in [1.165, 1.54) is 31.6 Å². The van der Waals surface area contributed by atoms with Crippen LogP contribution in [0.5, 0.6) is 23.0 Å². The molecule has 0 aliphatic carbocycles. The molecule has 0 amide bonds. The van der Waals surface area contributed by atoms with Gasteiger partial charge in [0.2, 0.25) is 0 Å². The van der Waals surface area contributed by atoms with Gasteiger partial charge in [0, 0.05) is 22.2 Å². The van der Waals surface area contributed by atoms with Gasteiger partial charge in [0.1, 0.15) is 4.88 Å². The Balaban J connectivity index is 0.000000229. The van der Waals surface area contributed by atoms with Crippen molar-refractivity contribution >= 4 is 61.9 Å². The van der Waals surface area contributed by atoms with Gasteiger partial charge in [-0.05, 0) is 41.4 Å². The largest absolute Gasteiger partial charge is 0.493 e. The minimum absolute atomic E-state index is 0.332. The van der Waals surface area contributed by atoms with Crippen molar-refractivity contribution in [2.75, 3.05) is 28.4 Å². The molecule has 10 heteroatoms. The highest BCUT2D eigenvalue weighted by molar-refractivity contribution is 7.23. The van der Waals surface area contributed by atoms with Crippen LogP contribution in [0.2, 0.25) is 5.02 Å². The van der Waals surface area contributed by atoms with Gasteiger partial charge in [-0.15, -0.1) is 11.3 Å². The van der Waals surface area contributed by atoms with Gasteiger partial charge < -0.3 is 24.1 Å². The van der Waals surface area contributed by atoms with Crippen LogP contribution in [-0.2, 0) is 4.79 Å². The molecule has 0 spiro atoms. The number of carboxylic acids is 1. The number of fused-ring (bicyclic) bond motifs is 1. The number of rotatable bonds is 7. The number of carboxylic acid groups (broad SMARTS) is 1. The first-order valence-electron chi connectivity index (χ1n) is 8.92. The molecule has 0 saturated carbocycles. The van der Waals surface area contributed by atoms with Crippen molar-refractivity contribution in [3.63, 3.8) is 0 Å². The molecule has 170 valence electrons. The minimum atomic E-state index is -0.982. The van der Waals surface area contributed by atoms with Crippen LogP contribution in [0, 0.1) is 0 Å². The molecule has 3 aromatic rings. The Kier molecular flexibility index (Phi) is 9.19. The van der Waals surface area contributed by atoms with Gasteiger partial charge in [0.25, 0.3) is 5.24 Å². The summed E-state index contributed by atoms with van der Waals surface area (Å²) in [6.45, 7) is 0. The summed E-state index contributed by atoms with van der Waals surface area (Å²) < 4.78 is 21.3. The topological polar surface area (TPSA) is 91.3 Å². The smallest absolute Gasteiger partial charge is 0.328 e. The zero-order valence-electron chi connectivity index (χ0n) is 17.6. The summed E-state index contributed by atoms with van der Waals surface area (Å²) in [5.74, 6) is 1.36. The second-order valence-electron chi connectivity index (χ2n) is 6.01. The van der Waals surface area contributed by atoms with E-state index < -0.39 is 11.2 Å². The van der Waals surface area contributed by atoms with Crippen molar-refractivity contribution in [1.82, 2.24) is 0 Å². The van der Waals surface area contributed by atoms with Crippen molar-refractivity contribution in [2.45, 2.75) is 0 Å². The molecule has 1 heterocycles. The third kappa shape index (κ3) is 6.06. The SMILES string of the molecule is COc1cc2sc(C(=O)Cl)c(Cl)c2cc1OC.COc1ccc(/C=C/C(=O)O)cc1OC. The van der Waals surface area contributed by atoms with Crippen molar-refractivity contribution < 1.29 is 33.6 Å². The molecule has 1 N–H and O–H groups in total. The summed E-state index contributed by atoms with van der Waals surface area (Å²) in [5, 5.41) is 8.99. The molecule has 0 aliphatic heterocycles. The van der Waals surface area contributed by atoms with Crippen LogP contribution in [0.25, 0.3) is 16.2 Å². The van der Waals surface area contributed by atoms with E-state index in [1.807, 2.05) is 0 Å². The average molecular weight is 499 g/mol. The van der Waals surface area contributed by atoms with Crippen LogP contribution in [0.15, 0.2) is 36.4 Å². The number of carbonyl (C=O) groups is 2. The van der Waals surface area contributed by atoms with Crippen LogP contribution in [0.4, 0.5) is 0 Å². The van der Waals surface area contributed by atoms with Gasteiger partial charge in [0.05, 0.1) is 33.5 Å². The summed E-state index contributed by atoms with van der Waals surface area (Å²) >= 11 is 12.8. The van der Waals surface area contributed by atoms with E-state index in [2.05, 4.69) is 0 Å². The Morgan fingerprint density at radius 2 is 1.47 bits per heavy atom. The van der Waals surface area contributed by atoms with E-state index >= 15 is 0 Å². The van der Waals surface area contributed by atoms with E-state index in [-0.39, 0.29) is 0 Å². The molecule has 0 radical (unpaired) electrons. The predicted molar refractivity (Wildman–Crippen MR) is 126 cm³/mol. The monoisotopic (exact) mass is 498 g/mol. The van der Waals surface area contributed by atoms with Crippen molar-refractivity contribution in [2.24, 2.45) is 0 Å². The van der Waals surface area contributed by atoms with Gasteiger partial charge in [-0.1, -0.05) is 17.7 Å². The Morgan fingerprint density at radius 1 is 0.906 bits per heavy atom. The van der Waals surface area contributed by atoms with Gasteiger partial charge in [-0.25, -0.2) is 4.79 Å². The number of benzene rings is 2. The number of hydrogen-bond acceptors (Lipinski definition) is 7. The average Bonchev–Trinajstić information content (AvgIpc) is 3.12. The lowest BCUT2D eigenvalue weighted by molar-refractivity contribution is -0.131. The van der Waals surface area contributed by atoms with E-state index in [4.69, 9.17) is 47.3 Å². The number of thiophene rings is 1. The maximum atomic E-state index is 11.2. The van der Waals surface area contributed by atoms with Crippen molar-refractivity contribution in [3.05, 3.63) is 51.9 Å². The lowest BCUT2D eigenvalue weighted by Gasteiger charge is -2.07. The number of carbonyl (C=O) groups excluding carboxylic acids is 1. The summed E-state index contributed by atoms with van der Waals surface area (Å²) in [7, 11) is 6.16. The molecule has 1 aromatic heterocycles. The molecule has 0 unspecified atom stereocenters. The molecule has 7 nitrogen and oxygen atoms in total. The quantitative estimate of drug-likeness (QED) is 0.327. The standard InChI is InChI=1S/C11H8Cl2O3S.C11H12O4/c1-15-6-3-5-8(4-7(6)16-2)17-10(9(5)12)11(13)14;1-14-9-5-3-8(4-6-11(12)13)7-10(9)15-2/h3-4H,1-2H3;3-7H,1-2H3,(H,12,13)/b;6-4+. The molecule has 0 aliphatic rings. The highest BCUT2D eigenvalue weighted by Gasteiger charge is 2.18. The highest BCUT2D eigenvalue weighted by atomic mass is 35.5. The molecule has 0 saturated heterocycles. The van der Waals surface area contributed by atoms with Crippen molar-refractivity contribution in [3.8, 4) is 23.0 Å². The molecule has 3 rings (SSSR count). The van der Waals surface area contributed by atoms with Crippen LogP contribution in [0.1, 0.15) is 15.2 Å². The lowest BCUT2D eigenvalue weighted by Crippen LogP contribution is -1.91. The highest BCUT2D eigenvalue weighted by Crippen LogP contribution is 2.42. The summed E-state index contributed by atoms with van der Waals surface area (Å²) in [6.07, 6.45) is 2.56. The van der Waals surface area contributed by atoms with Gasteiger partial charge >= 0.3 is 5.97 Å². The van der Waals surface area contributed by atoms with E-state index in [0.29, 0.717) is 32.9 Å². The molecular weight excluding hydrogens is 479 g/mol. The van der Waals surface area contributed by atoms with Crippen LogP contribution >= 0.6 is 34.5 Å². The van der Waals surface area contributed by atoms with Crippen LogP contribution in [0.3, 0.4) is 0 Å². The predicted octanol–water partition coefficient (Wildman–Crippen LogP) is 5.75. The Labute approximate surface area is 198 Å². The third-order valence-corrected chi connectivity index (χ3v) is 6.10. The lowest BCUT2D eigenvalue weighted by atomic mass is 10.2. The van der Waals surface area contributed by atoms with E-state index in [1.54, 1.807) is 44.6 Å². The Hall–Kier alpha value is -2.94. The van der Waals surface area contributed by atoms with Crippen LogP contribution < -0.4 is 18.9 Å². The first kappa shape index (κ1) is 25.3. The first-order chi connectivity index (χ1) is 15.2. The fourth-order valence-electron chi connectivity index (χ4n) is 2.64. The second-order valence-corrected chi connectivity index (χ2v) is 7.78. The number of hydrogen-bond donors (Lipinski definition) is 1. The van der Waals surface area contributed by atoms with Gasteiger partial charge in [-0.3, -0.25) is 4.79 Å². The normalized spacial score (nSPS) is 10.4. The molecule has 0 atom stereocenters. The molecule has 2 aromatic carbocycles. The molecular formula is C22H20Cl2O7S. The van der Waals surface area contributed by atoms with E-state index in [9.17, 15) is 9.59 Å². The first-order valence-corrected chi connectivity index (χ1v) is 10.5. The Morgan fingerprint density at radius 3 is 2.00 bits per heavy atom. The summed E-state index contributed by atoms with van der Waals surface area (Å²) in [5.41, 5.74) is 0.745. The molecule has 0 fully saturated rings. The third-order valence-electron chi connectivity index (χ3n) is 4.14. The van der Waals surface area contributed by atoms with Gasteiger partial charge in [0.15, 0.2) is 23.0 Å². The maximum absolute atomic E-state index is 11.2. The summed E-state index contributed by atoms with van der Waals surface area (Å²) in [6, 6.07) is 8.68. The number of aliphatic carboxylic acids is 1. The number of ether oxygens (including phenoxy) is 4. The number of methoxy groups -OCH3 is 4. The Bertz CT molecular complexity index is 1150. The molecule has 0 bridgehead atoms. The zero-order valence-corrected chi connectivity index (χ0v) is 19.9.